The van der Waals surface area contributed by atoms with Crippen LogP contribution in [0.4, 0.5) is 34.3 Å². The molecule has 1 N–H and O–H groups in total. The van der Waals surface area contributed by atoms with Gasteiger partial charge in [0, 0.05) is 61.8 Å². The number of piperazine rings is 1. The molecule has 0 radical (unpaired) electrons. The second-order valence-corrected chi connectivity index (χ2v) is 11.8. The Kier molecular flexibility index (Phi) is 9.77. The zero-order chi connectivity index (χ0) is 30.6. The molecule has 43 heavy (non-hydrogen) atoms. The van der Waals surface area contributed by atoms with Crippen LogP contribution in [0.15, 0.2) is 30.6 Å². The summed E-state index contributed by atoms with van der Waals surface area (Å²) >= 11 is 1.32. The number of anilines is 3. The first kappa shape index (κ1) is 31.1. The van der Waals surface area contributed by atoms with E-state index in [2.05, 4.69) is 41.9 Å². The van der Waals surface area contributed by atoms with Crippen molar-refractivity contribution in [3.05, 3.63) is 46.9 Å². The van der Waals surface area contributed by atoms with Gasteiger partial charge in [-0.1, -0.05) is 11.3 Å². The molecule has 0 unspecified atom stereocenters. The average molecular weight is 622 g/mol. The molecule has 0 bridgehead atoms. The summed E-state index contributed by atoms with van der Waals surface area (Å²) in [5, 5.41) is 3.64. The summed E-state index contributed by atoms with van der Waals surface area (Å²) in [5.41, 5.74) is -0.639. The van der Waals surface area contributed by atoms with Gasteiger partial charge in [-0.05, 0) is 51.4 Å². The van der Waals surface area contributed by atoms with Crippen molar-refractivity contribution in [3.63, 3.8) is 0 Å². The zero-order valence-corrected chi connectivity index (χ0v) is 25.0. The van der Waals surface area contributed by atoms with Crippen molar-refractivity contribution in [2.75, 3.05) is 56.1 Å². The number of ether oxygens (including phenoxy) is 1. The molecule has 14 heteroatoms. The molecular formula is C29H35F4N7O2S. The average Bonchev–Trinajstić information content (AvgIpc) is 3.57. The number of halogens is 4. The summed E-state index contributed by atoms with van der Waals surface area (Å²) in [7, 11) is 0. The SMILES string of the molecule is CCOC(=O)CCN1CCN(c2cc(Nc3nc(-c4cc(F)cc(C(F)(F)F)c4)c(CN4CCC[C@H]4C)s3)ncn2)CC1. The molecule has 1 atom stereocenters. The zero-order valence-electron chi connectivity index (χ0n) is 24.2. The summed E-state index contributed by atoms with van der Waals surface area (Å²) in [6.07, 6.45) is -0.782. The van der Waals surface area contributed by atoms with Gasteiger partial charge in [-0.2, -0.15) is 13.2 Å². The van der Waals surface area contributed by atoms with Gasteiger partial charge in [0.15, 0.2) is 5.13 Å². The molecule has 4 heterocycles. The summed E-state index contributed by atoms with van der Waals surface area (Å²) in [5.74, 6) is 0.0593. The maximum atomic E-state index is 14.4. The number of alkyl halides is 3. The first-order valence-electron chi connectivity index (χ1n) is 14.4. The number of nitrogens with one attached hydrogen (secondary N) is 1. The maximum absolute atomic E-state index is 14.4. The van der Waals surface area contributed by atoms with E-state index in [-0.39, 0.29) is 11.5 Å². The van der Waals surface area contributed by atoms with E-state index in [1.807, 2.05) is 6.07 Å². The van der Waals surface area contributed by atoms with Crippen LogP contribution in [0.3, 0.4) is 0 Å². The van der Waals surface area contributed by atoms with Gasteiger partial charge in [0.1, 0.15) is 23.8 Å². The lowest BCUT2D eigenvalue weighted by Crippen LogP contribution is -2.47. The number of likely N-dealkylation sites (tertiary alicyclic amines) is 1. The van der Waals surface area contributed by atoms with E-state index in [9.17, 15) is 22.4 Å². The summed E-state index contributed by atoms with van der Waals surface area (Å²) in [4.78, 5) is 32.4. The molecule has 2 saturated heterocycles. The van der Waals surface area contributed by atoms with E-state index >= 15 is 0 Å². The van der Waals surface area contributed by atoms with E-state index in [1.54, 1.807) is 6.92 Å². The van der Waals surface area contributed by atoms with Crippen molar-refractivity contribution in [3.8, 4) is 11.3 Å². The third-order valence-electron chi connectivity index (χ3n) is 7.75. The normalized spacial score (nSPS) is 18.3. The Morgan fingerprint density at radius 1 is 1.12 bits per heavy atom. The second kappa shape index (κ2) is 13.5. The second-order valence-electron chi connectivity index (χ2n) is 10.7. The van der Waals surface area contributed by atoms with Crippen molar-refractivity contribution in [2.24, 2.45) is 0 Å². The molecule has 0 aliphatic carbocycles. The first-order valence-corrected chi connectivity index (χ1v) is 15.2. The van der Waals surface area contributed by atoms with Crippen LogP contribution in [0.2, 0.25) is 0 Å². The van der Waals surface area contributed by atoms with Crippen LogP contribution in [0.25, 0.3) is 11.3 Å². The molecule has 3 aromatic rings. The van der Waals surface area contributed by atoms with Gasteiger partial charge < -0.3 is 15.0 Å². The molecule has 2 aliphatic heterocycles. The minimum atomic E-state index is -4.68. The van der Waals surface area contributed by atoms with E-state index in [4.69, 9.17) is 4.74 Å². The highest BCUT2D eigenvalue weighted by molar-refractivity contribution is 7.16. The molecule has 1 aromatic carbocycles. The first-order chi connectivity index (χ1) is 20.6. The molecule has 0 amide bonds. The maximum Gasteiger partial charge on any atom is 0.416 e. The lowest BCUT2D eigenvalue weighted by atomic mass is 10.1. The number of hydrogen-bond acceptors (Lipinski definition) is 10. The minimum absolute atomic E-state index is 0.0858. The molecule has 0 saturated carbocycles. The Morgan fingerprint density at radius 2 is 1.91 bits per heavy atom. The van der Waals surface area contributed by atoms with Crippen molar-refractivity contribution in [1.82, 2.24) is 24.8 Å². The summed E-state index contributed by atoms with van der Waals surface area (Å²) in [6, 6.07) is 4.69. The summed E-state index contributed by atoms with van der Waals surface area (Å²) < 4.78 is 59.9. The number of carbonyl (C=O) groups excluding carboxylic acids is 1. The highest BCUT2D eigenvalue weighted by Gasteiger charge is 2.32. The van der Waals surface area contributed by atoms with Gasteiger partial charge in [-0.15, -0.1) is 0 Å². The van der Waals surface area contributed by atoms with E-state index in [0.29, 0.717) is 54.9 Å². The molecular weight excluding hydrogens is 586 g/mol. The summed E-state index contributed by atoms with van der Waals surface area (Å²) in [6.45, 7) is 9.31. The smallest absolute Gasteiger partial charge is 0.416 e. The quantitative estimate of drug-likeness (QED) is 0.231. The van der Waals surface area contributed by atoms with Gasteiger partial charge in [-0.25, -0.2) is 19.3 Å². The number of rotatable bonds is 10. The Bertz CT molecular complexity index is 1410. The lowest BCUT2D eigenvalue weighted by molar-refractivity contribution is -0.143. The van der Waals surface area contributed by atoms with Crippen molar-refractivity contribution in [1.29, 1.82) is 0 Å². The van der Waals surface area contributed by atoms with E-state index < -0.39 is 17.6 Å². The standard InChI is InChI=1S/C29H35F4N7O2S/c1-3-42-26(41)6-8-38-9-11-39(12-10-38)25-16-24(34-18-35-25)36-28-37-27(23(43-28)17-40-7-4-5-19(40)2)20-13-21(29(31,32)33)15-22(30)14-20/h13-16,18-19H,3-12,17H2,1-2H3,(H,34,35,36,37)/t19-/m1/s1. The Hall–Kier alpha value is -3.36. The molecule has 2 aromatic heterocycles. The van der Waals surface area contributed by atoms with Crippen LogP contribution in [-0.2, 0) is 22.3 Å². The minimum Gasteiger partial charge on any atom is -0.466 e. The molecule has 5 rings (SSSR count). The number of thiazole rings is 1. The van der Waals surface area contributed by atoms with Crippen molar-refractivity contribution < 1.29 is 27.1 Å². The van der Waals surface area contributed by atoms with Crippen LogP contribution >= 0.6 is 11.3 Å². The number of nitrogens with zero attached hydrogens (tertiary/aromatic N) is 6. The Morgan fingerprint density at radius 3 is 2.60 bits per heavy atom. The predicted molar refractivity (Wildman–Crippen MR) is 157 cm³/mol. The van der Waals surface area contributed by atoms with Gasteiger partial charge in [0.25, 0.3) is 0 Å². The van der Waals surface area contributed by atoms with Gasteiger partial charge in [0.05, 0.1) is 24.3 Å². The fraction of sp³-hybridized carbons (Fsp3) is 0.517. The van der Waals surface area contributed by atoms with Crippen LogP contribution in [0.5, 0.6) is 0 Å². The largest absolute Gasteiger partial charge is 0.466 e. The van der Waals surface area contributed by atoms with Crippen molar-refractivity contribution >= 4 is 34.1 Å². The number of aromatic nitrogens is 3. The highest BCUT2D eigenvalue weighted by atomic mass is 32.1. The third-order valence-corrected chi connectivity index (χ3v) is 8.71. The number of hydrogen-bond donors (Lipinski definition) is 1. The molecule has 2 aliphatic rings. The van der Waals surface area contributed by atoms with E-state index in [1.165, 1.54) is 17.7 Å². The fourth-order valence-corrected chi connectivity index (χ4v) is 6.44. The Labute approximate surface area is 251 Å². The number of carbonyl (C=O) groups is 1. The fourth-order valence-electron chi connectivity index (χ4n) is 5.42. The lowest BCUT2D eigenvalue weighted by Gasteiger charge is -2.35. The monoisotopic (exact) mass is 621 g/mol. The molecule has 2 fully saturated rings. The highest BCUT2D eigenvalue weighted by Crippen LogP contribution is 2.38. The van der Waals surface area contributed by atoms with Gasteiger partial charge in [-0.3, -0.25) is 14.6 Å². The predicted octanol–water partition coefficient (Wildman–Crippen LogP) is 5.56. The topological polar surface area (TPSA) is 86.7 Å². The molecule has 0 spiro atoms. The van der Waals surface area contributed by atoms with E-state index in [0.717, 1.165) is 68.4 Å². The molecule has 9 nitrogen and oxygen atoms in total. The van der Waals surface area contributed by atoms with Crippen LogP contribution in [-0.4, -0.2) is 82.6 Å². The third kappa shape index (κ3) is 7.98. The molecule has 232 valence electrons. The number of benzene rings is 1. The van der Waals surface area contributed by atoms with Crippen LogP contribution in [0.1, 0.15) is 43.6 Å². The van der Waals surface area contributed by atoms with Gasteiger partial charge in [0.2, 0.25) is 0 Å². The van der Waals surface area contributed by atoms with Crippen LogP contribution < -0.4 is 10.2 Å². The number of esters is 1. The van der Waals surface area contributed by atoms with Crippen LogP contribution in [0, 0.1) is 5.82 Å². The van der Waals surface area contributed by atoms with Crippen molar-refractivity contribution in [2.45, 2.75) is 51.9 Å². The Balaban J connectivity index is 1.32. The van der Waals surface area contributed by atoms with Gasteiger partial charge >= 0.3 is 12.1 Å².